The van der Waals surface area contributed by atoms with Gasteiger partial charge in [-0.25, -0.2) is 0 Å². The van der Waals surface area contributed by atoms with E-state index in [0.717, 1.165) is 36.1 Å². The van der Waals surface area contributed by atoms with E-state index in [4.69, 9.17) is 10.3 Å². The molecule has 1 saturated carbocycles. The Morgan fingerprint density at radius 3 is 2.21 bits per heavy atom. The van der Waals surface area contributed by atoms with Crippen LogP contribution in [0.2, 0.25) is 0 Å². The van der Waals surface area contributed by atoms with Gasteiger partial charge in [0.1, 0.15) is 6.04 Å². The lowest BCUT2D eigenvalue weighted by Gasteiger charge is -2.40. The zero-order chi connectivity index (χ0) is 24.6. The molecule has 12 heteroatoms. The van der Waals surface area contributed by atoms with Crippen LogP contribution in [0.4, 0.5) is 26.3 Å². The quantitative estimate of drug-likeness (QED) is 0.595. The zero-order valence-electron chi connectivity index (χ0n) is 17.6. The summed E-state index contributed by atoms with van der Waals surface area (Å²) in [7, 11) is 0. The van der Waals surface area contributed by atoms with E-state index in [-0.39, 0.29) is 22.6 Å². The third-order valence-corrected chi connectivity index (χ3v) is 5.94. The second-order valence-electron chi connectivity index (χ2n) is 8.13. The number of hydrogen-bond donors (Lipinski definition) is 2. The van der Waals surface area contributed by atoms with Crippen molar-refractivity contribution in [3.05, 3.63) is 41.1 Å². The van der Waals surface area contributed by atoms with Crippen molar-refractivity contribution in [2.45, 2.75) is 69.7 Å². The number of alkyl halides is 6. The van der Waals surface area contributed by atoms with Gasteiger partial charge in [-0.15, -0.1) is 0 Å². The topological polar surface area (TPSA) is 92.6 Å². The van der Waals surface area contributed by atoms with Gasteiger partial charge in [-0.1, -0.05) is 17.3 Å². The van der Waals surface area contributed by atoms with Crippen molar-refractivity contribution in [1.29, 1.82) is 0 Å². The Bertz CT molecular complexity index is 963. The molecular formula is C21H23F6N3O3. The maximum Gasteiger partial charge on any atom is 0.416 e. The number of hydrogen-bond acceptors (Lipinski definition) is 5. The van der Waals surface area contributed by atoms with Crippen LogP contribution in [0.25, 0.3) is 11.3 Å². The van der Waals surface area contributed by atoms with E-state index >= 15 is 0 Å². The van der Waals surface area contributed by atoms with Gasteiger partial charge in [0.25, 0.3) is 5.91 Å². The van der Waals surface area contributed by atoms with Crippen LogP contribution < -0.4 is 5.73 Å². The average molecular weight is 479 g/mol. The van der Waals surface area contributed by atoms with E-state index in [0.29, 0.717) is 25.7 Å². The first-order valence-corrected chi connectivity index (χ1v) is 10.3. The van der Waals surface area contributed by atoms with Gasteiger partial charge < -0.3 is 15.4 Å². The summed E-state index contributed by atoms with van der Waals surface area (Å²) in [6.45, 7) is 0.569. The normalized spacial score (nSPS) is 20.8. The fourth-order valence-electron chi connectivity index (χ4n) is 4.03. The van der Waals surface area contributed by atoms with Crippen LogP contribution in [0.5, 0.6) is 0 Å². The standard InChI is InChI=1S/C21H23F6N3O3/c1-11(20(22,23)24)30(14-6-8-15(31)9-7-14)10-16-17(19(28)32)29-33-18(16)12-2-4-13(5-3-12)21(25,26)27/h2-5,11,14-15,31H,6-10H2,1H3,(H2,28,32). The number of primary amides is 1. The summed E-state index contributed by atoms with van der Waals surface area (Å²) in [6.07, 6.45) is -8.51. The van der Waals surface area contributed by atoms with Gasteiger partial charge in [0.2, 0.25) is 0 Å². The van der Waals surface area contributed by atoms with Crippen molar-refractivity contribution >= 4 is 5.91 Å². The van der Waals surface area contributed by atoms with Crippen molar-refractivity contribution in [3.63, 3.8) is 0 Å². The largest absolute Gasteiger partial charge is 0.416 e. The molecule has 0 bridgehead atoms. The number of nitrogens with two attached hydrogens (primary N) is 1. The molecule has 182 valence electrons. The number of aliphatic hydroxyl groups excluding tert-OH is 1. The molecule has 2 aromatic rings. The van der Waals surface area contributed by atoms with E-state index in [1.165, 1.54) is 0 Å². The van der Waals surface area contributed by atoms with E-state index in [2.05, 4.69) is 5.16 Å². The summed E-state index contributed by atoms with van der Waals surface area (Å²) in [6, 6.07) is 1.31. The number of nitrogens with zero attached hydrogens (tertiary/aromatic N) is 2. The summed E-state index contributed by atoms with van der Waals surface area (Å²) in [5.41, 5.74) is 4.10. The number of aromatic nitrogens is 1. The molecule has 1 aliphatic carbocycles. The van der Waals surface area contributed by atoms with Gasteiger partial charge in [0.05, 0.1) is 11.7 Å². The van der Waals surface area contributed by atoms with Crippen molar-refractivity contribution in [1.82, 2.24) is 10.1 Å². The molecule has 1 amide bonds. The van der Waals surface area contributed by atoms with Gasteiger partial charge in [0.15, 0.2) is 11.5 Å². The number of benzene rings is 1. The van der Waals surface area contributed by atoms with Crippen LogP contribution >= 0.6 is 0 Å². The molecule has 1 unspecified atom stereocenters. The Labute approximate surface area is 185 Å². The van der Waals surface area contributed by atoms with Gasteiger partial charge >= 0.3 is 12.4 Å². The number of rotatable bonds is 6. The van der Waals surface area contributed by atoms with Gasteiger partial charge in [-0.2, -0.15) is 26.3 Å². The predicted molar refractivity (Wildman–Crippen MR) is 105 cm³/mol. The first kappa shape index (κ1) is 25.0. The summed E-state index contributed by atoms with van der Waals surface area (Å²) in [5, 5.41) is 13.3. The molecule has 1 heterocycles. The molecule has 0 spiro atoms. The minimum absolute atomic E-state index is 0.0375. The van der Waals surface area contributed by atoms with Crippen LogP contribution in [-0.2, 0) is 12.7 Å². The lowest BCUT2D eigenvalue weighted by atomic mass is 9.90. The molecule has 1 atom stereocenters. The summed E-state index contributed by atoms with van der Waals surface area (Å²) in [5.74, 6) is -1.17. The van der Waals surface area contributed by atoms with Crippen LogP contribution in [-0.4, -0.2) is 45.4 Å². The number of aliphatic hydroxyl groups is 1. The lowest BCUT2D eigenvalue weighted by molar-refractivity contribution is -0.188. The minimum atomic E-state index is -4.59. The molecule has 3 N–H and O–H groups in total. The molecule has 1 aromatic heterocycles. The molecular weight excluding hydrogens is 456 g/mol. The van der Waals surface area contributed by atoms with Gasteiger partial charge in [0, 0.05) is 23.7 Å². The maximum atomic E-state index is 13.7. The smallest absolute Gasteiger partial charge is 0.393 e. The van der Waals surface area contributed by atoms with Crippen LogP contribution in [0.1, 0.15) is 54.2 Å². The SMILES string of the molecule is CC(N(Cc1c(C(N)=O)noc1-c1ccc(C(F)(F)F)cc1)C1CCC(O)CC1)C(F)(F)F. The van der Waals surface area contributed by atoms with Crippen molar-refractivity contribution in [2.24, 2.45) is 5.73 Å². The zero-order valence-corrected chi connectivity index (χ0v) is 17.6. The Balaban J connectivity index is 2.01. The van der Waals surface area contributed by atoms with Crippen molar-refractivity contribution < 1.29 is 40.8 Å². The Hall–Kier alpha value is -2.60. The van der Waals surface area contributed by atoms with Gasteiger partial charge in [-0.3, -0.25) is 9.69 Å². The third-order valence-electron chi connectivity index (χ3n) is 5.94. The molecule has 3 rings (SSSR count). The maximum absolute atomic E-state index is 13.7. The first-order chi connectivity index (χ1) is 15.3. The Kier molecular flexibility index (Phi) is 7.08. The number of carbonyl (C=O) groups is 1. The van der Waals surface area contributed by atoms with Gasteiger partial charge in [-0.05, 0) is 44.7 Å². The van der Waals surface area contributed by atoms with Crippen LogP contribution in [0, 0.1) is 0 Å². The number of carbonyl (C=O) groups excluding carboxylic acids is 1. The van der Waals surface area contributed by atoms with E-state index in [1.807, 2.05) is 0 Å². The molecule has 1 aliphatic rings. The highest BCUT2D eigenvalue weighted by Gasteiger charge is 2.44. The Morgan fingerprint density at radius 2 is 1.73 bits per heavy atom. The highest BCUT2D eigenvalue weighted by atomic mass is 19.4. The first-order valence-electron chi connectivity index (χ1n) is 10.3. The molecule has 0 radical (unpaired) electrons. The Morgan fingerprint density at radius 1 is 1.15 bits per heavy atom. The number of halogens is 6. The second kappa shape index (κ2) is 9.34. The van der Waals surface area contributed by atoms with E-state index in [1.54, 1.807) is 0 Å². The molecule has 6 nitrogen and oxygen atoms in total. The fraction of sp³-hybridized carbons (Fsp3) is 0.524. The lowest BCUT2D eigenvalue weighted by Crippen LogP contribution is -2.50. The van der Waals surface area contributed by atoms with Crippen LogP contribution in [0.15, 0.2) is 28.8 Å². The second-order valence-corrected chi connectivity index (χ2v) is 8.13. The molecule has 1 fully saturated rings. The minimum Gasteiger partial charge on any atom is -0.393 e. The molecule has 33 heavy (non-hydrogen) atoms. The molecule has 0 aliphatic heterocycles. The molecule has 0 saturated heterocycles. The van der Waals surface area contributed by atoms with E-state index in [9.17, 15) is 36.2 Å². The molecule has 1 aromatic carbocycles. The third kappa shape index (κ3) is 5.67. The van der Waals surface area contributed by atoms with Crippen molar-refractivity contribution in [3.8, 4) is 11.3 Å². The van der Waals surface area contributed by atoms with Crippen molar-refractivity contribution in [2.75, 3.05) is 0 Å². The summed E-state index contributed by atoms with van der Waals surface area (Å²) >= 11 is 0. The fourth-order valence-corrected chi connectivity index (χ4v) is 4.03. The highest BCUT2D eigenvalue weighted by molar-refractivity contribution is 5.93. The van der Waals surface area contributed by atoms with Crippen LogP contribution in [0.3, 0.4) is 0 Å². The monoisotopic (exact) mass is 479 g/mol. The summed E-state index contributed by atoms with van der Waals surface area (Å²) in [4.78, 5) is 13.0. The highest BCUT2D eigenvalue weighted by Crippen LogP contribution is 2.36. The summed E-state index contributed by atoms with van der Waals surface area (Å²) < 4.78 is 84.8. The predicted octanol–water partition coefficient (Wildman–Crippen LogP) is 4.52. The average Bonchev–Trinajstić information content (AvgIpc) is 3.15. The van der Waals surface area contributed by atoms with E-state index < -0.39 is 48.6 Å². The number of amides is 1.